The van der Waals surface area contributed by atoms with E-state index in [4.69, 9.17) is 9.47 Å². The maximum absolute atomic E-state index is 14.5. The van der Waals surface area contributed by atoms with Gasteiger partial charge in [0.05, 0.1) is 18.3 Å². The monoisotopic (exact) mass is 423 g/mol. The standard InChI is InChI=1S/C24H26FN3O3/c1-16-6-4-5-11-27(16)14-24(29)28-21(17-9-10-22-23(12-17)31-15-30-22)13-20(26-28)18-7-2-3-8-19(18)25/h2-3,7-10,12,16,21H,4-6,11,13-15H2,1H3/t16-,21+/m1/s1. The Kier molecular flexibility index (Phi) is 5.36. The molecule has 1 saturated heterocycles. The van der Waals surface area contributed by atoms with E-state index in [1.54, 1.807) is 23.2 Å². The first-order chi connectivity index (χ1) is 15.1. The minimum atomic E-state index is -0.329. The molecule has 0 unspecified atom stereocenters. The summed E-state index contributed by atoms with van der Waals surface area (Å²) in [6, 6.07) is 12.3. The summed E-state index contributed by atoms with van der Waals surface area (Å²) in [5.41, 5.74) is 1.93. The van der Waals surface area contributed by atoms with Gasteiger partial charge in [-0.25, -0.2) is 9.40 Å². The molecule has 2 atom stereocenters. The van der Waals surface area contributed by atoms with Crippen LogP contribution in [0.15, 0.2) is 47.6 Å². The second kappa shape index (κ2) is 8.30. The van der Waals surface area contributed by atoms with Crippen molar-refractivity contribution < 1.29 is 18.7 Å². The summed E-state index contributed by atoms with van der Waals surface area (Å²) >= 11 is 0. The van der Waals surface area contributed by atoms with Gasteiger partial charge in [0.2, 0.25) is 6.79 Å². The van der Waals surface area contributed by atoms with Crippen LogP contribution in [-0.4, -0.2) is 47.5 Å². The fourth-order valence-electron chi connectivity index (χ4n) is 4.62. The molecular weight excluding hydrogens is 397 g/mol. The number of likely N-dealkylation sites (tertiary alicyclic amines) is 1. The summed E-state index contributed by atoms with van der Waals surface area (Å²) in [5.74, 6) is 0.957. The van der Waals surface area contributed by atoms with Gasteiger partial charge in [0.15, 0.2) is 11.5 Å². The Morgan fingerprint density at radius 3 is 2.84 bits per heavy atom. The van der Waals surface area contributed by atoms with Crippen LogP contribution in [0.3, 0.4) is 0 Å². The van der Waals surface area contributed by atoms with Gasteiger partial charge < -0.3 is 9.47 Å². The van der Waals surface area contributed by atoms with Crippen LogP contribution in [0.25, 0.3) is 0 Å². The summed E-state index contributed by atoms with van der Waals surface area (Å²) in [6.45, 7) is 3.59. The molecule has 0 radical (unpaired) electrons. The fourth-order valence-corrected chi connectivity index (χ4v) is 4.62. The number of carbonyl (C=O) groups excluding carboxylic acids is 1. The second-order valence-corrected chi connectivity index (χ2v) is 8.41. The van der Waals surface area contributed by atoms with E-state index in [1.165, 1.54) is 12.5 Å². The number of benzene rings is 2. The Hall–Kier alpha value is -2.93. The summed E-state index contributed by atoms with van der Waals surface area (Å²) in [6.07, 6.45) is 3.85. The first-order valence-electron chi connectivity index (χ1n) is 10.9. The van der Waals surface area contributed by atoms with Crippen molar-refractivity contribution in [2.45, 2.75) is 44.7 Å². The van der Waals surface area contributed by atoms with Crippen molar-refractivity contribution in [3.8, 4) is 11.5 Å². The highest BCUT2D eigenvalue weighted by Gasteiger charge is 2.36. The van der Waals surface area contributed by atoms with Crippen LogP contribution in [0.4, 0.5) is 4.39 Å². The van der Waals surface area contributed by atoms with Crippen molar-refractivity contribution in [3.05, 3.63) is 59.4 Å². The minimum absolute atomic E-state index is 0.0669. The lowest BCUT2D eigenvalue weighted by molar-refractivity contribution is -0.135. The van der Waals surface area contributed by atoms with Gasteiger partial charge in [-0.15, -0.1) is 0 Å². The molecule has 3 aliphatic rings. The highest BCUT2D eigenvalue weighted by Crippen LogP contribution is 2.39. The number of ether oxygens (including phenoxy) is 2. The topological polar surface area (TPSA) is 54.4 Å². The van der Waals surface area contributed by atoms with Crippen LogP contribution in [-0.2, 0) is 4.79 Å². The number of halogens is 1. The van der Waals surface area contributed by atoms with Crippen LogP contribution < -0.4 is 9.47 Å². The van der Waals surface area contributed by atoms with Gasteiger partial charge in [-0.3, -0.25) is 9.69 Å². The van der Waals surface area contributed by atoms with Crippen molar-refractivity contribution in [1.29, 1.82) is 0 Å². The van der Waals surface area contributed by atoms with Gasteiger partial charge in [0, 0.05) is 18.0 Å². The highest BCUT2D eigenvalue weighted by atomic mass is 19.1. The molecule has 31 heavy (non-hydrogen) atoms. The number of hydrazone groups is 1. The zero-order chi connectivity index (χ0) is 21.4. The number of nitrogens with zero attached hydrogens (tertiary/aromatic N) is 3. The van der Waals surface area contributed by atoms with Gasteiger partial charge >= 0.3 is 0 Å². The summed E-state index contributed by atoms with van der Waals surface area (Å²) in [7, 11) is 0. The van der Waals surface area contributed by atoms with Crippen molar-refractivity contribution in [2.75, 3.05) is 19.9 Å². The lowest BCUT2D eigenvalue weighted by atomic mass is 9.97. The van der Waals surface area contributed by atoms with Gasteiger partial charge in [-0.05, 0) is 50.1 Å². The molecule has 0 N–H and O–H groups in total. The molecule has 0 aromatic heterocycles. The lowest BCUT2D eigenvalue weighted by Gasteiger charge is -2.34. The fraction of sp³-hybridized carbons (Fsp3) is 0.417. The quantitative estimate of drug-likeness (QED) is 0.743. The lowest BCUT2D eigenvalue weighted by Crippen LogP contribution is -2.44. The summed E-state index contributed by atoms with van der Waals surface area (Å²) < 4.78 is 25.4. The van der Waals surface area contributed by atoms with Crippen molar-refractivity contribution >= 4 is 11.6 Å². The predicted octanol–water partition coefficient (Wildman–Crippen LogP) is 4.11. The Labute approximate surface area is 181 Å². The van der Waals surface area contributed by atoms with E-state index in [0.29, 0.717) is 41.8 Å². The molecule has 6 nitrogen and oxygen atoms in total. The summed E-state index contributed by atoms with van der Waals surface area (Å²) in [5, 5.41) is 6.16. The molecule has 1 amide bonds. The normalized spacial score (nSPS) is 23.2. The van der Waals surface area contributed by atoms with Crippen molar-refractivity contribution in [3.63, 3.8) is 0 Å². The average Bonchev–Trinajstić information content (AvgIpc) is 3.42. The molecule has 0 bridgehead atoms. The zero-order valence-corrected chi connectivity index (χ0v) is 17.6. The predicted molar refractivity (Wildman–Crippen MR) is 115 cm³/mol. The summed E-state index contributed by atoms with van der Waals surface area (Å²) in [4.78, 5) is 15.6. The highest BCUT2D eigenvalue weighted by molar-refractivity contribution is 6.03. The number of rotatable bonds is 4. The molecule has 0 spiro atoms. The van der Waals surface area contributed by atoms with E-state index >= 15 is 0 Å². The van der Waals surface area contributed by atoms with Crippen LogP contribution in [0.2, 0.25) is 0 Å². The molecular formula is C24H26FN3O3. The number of carbonyl (C=O) groups is 1. The number of fused-ring (bicyclic) bond motifs is 1. The molecule has 0 aliphatic carbocycles. The van der Waals surface area contributed by atoms with Crippen molar-refractivity contribution in [1.82, 2.24) is 9.91 Å². The molecule has 162 valence electrons. The van der Waals surface area contributed by atoms with E-state index in [-0.39, 0.29) is 24.6 Å². The second-order valence-electron chi connectivity index (χ2n) is 8.41. The average molecular weight is 423 g/mol. The first-order valence-corrected chi connectivity index (χ1v) is 10.9. The zero-order valence-electron chi connectivity index (χ0n) is 17.6. The molecule has 0 saturated carbocycles. The smallest absolute Gasteiger partial charge is 0.257 e. The molecule has 3 aliphatic heterocycles. The number of piperidine rings is 1. The molecule has 2 aromatic rings. The van der Waals surface area contributed by atoms with E-state index in [9.17, 15) is 9.18 Å². The van der Waals surface area contributed by atoms with Gasteiger partial charge in [0.1, 0.15) is 5.82 Å². The molecule has 1 fully saturated rings. The maximum atomic E-state index is 14.5. The van der Waals surface area contributed by atoms with E-state index in [0.717, 1.165) is 24.9 Å². The number of amides is 1. The molecule has 3 heterocycles. The largest absolute Gasteiger partial charge is 0.454 e. The SMILES string of the molecule is C[C@@H]1CCCCN1CC(=O)N1N=C(c2ccccc2F)C[C@H]1c1ccc2c(c1)OCO2. The Morgan fingerprint density at radius 2 is 2.00 bits per heavy atom. The molecule has 7 heteroatoms. The van der Waals surface area contributed by atoms with E-state index in [1.807, 2.05) is 18.2 Å². The van der Waals surface area contributed by atoms with Crippen LogP contribution in [0.1, 0.15) is 49.8 Å². The Balaban J connectivity index is 1.45. The third-order valence-electron chi connectivity index (χ3n) is 6.41. The van der Waals surface area contributed by atoms with E-state index in [2.05, 4.69) is 16.9 Å². The number of hydrogen-bond donors (Lipinski definition) is 0. The Morgan fingerprint density at radius 1 is 1.16 bits per heavy atom. The van der Waals surface area contributed by atoms with Gasteiger partial charge in [0.25, 0.3) is 5.91 Å². The van der Waals surface area contributed by atoms with Gasteiger partial charge in [-0.1, -0.05) is 30.7 Å². The van der Waals surface area contributed by atoms with Crippen LogP contribution >= 0.6 is 0 Å². The van der Waals surface area contributed by atoms with Crippen LogP contribution in [0, 0.1) is 5.82 Å². The van der Waals surface area contributed by atoms with E-state index < -0.39 is 0 Å². The molecule has 5 rings (SSSR count). The van der Waals surface area contributed by atoms with Crippen molar-refractivity contribution in [2.24, 2.45) is 5.10 Å². The van der Waals surface area contributed by atoms with Gasteiger partial charge in [-0.2, -0.15) is 5.10 Å². The van der Waals surface area contributed by atoms with Crippen LogP contribution in [0.5, 0.6) is 11.5 Å². The molecule has 2 aromatic carbocycles. The maximum Gasteiger partial charge on any atom is 0.257 e. The third kappa shape index (κ3) is 3.90. The number of hydrogen-bond acceptors (Lipinski definition) is 5. The first kappa shape index (κ1) is 20.0. The Bertz CT molecular complexity index is 1020. The third-order valence-corrected chi connectivity index (χ3v) is 6.41. The minimum Gasteiger partial charge on any atom is -0.454 e.